The molecule has 0 heterocycles. The largest absolute Gasteiger partial charge is 0.353 e. The van der Waals surface area contributed by atoms with Crippen LogP contribution in [0, 0.1) is 5.92 Å². The van der Waals surface area contributed by atoms with E-state index in [2.05, 4.69) is 39.2 Å². The molecule has 0 spiro atoms. The van der Waals surface area contributed by atoms with Gasteiger partial charge >= 0.3 is 0 Å². The first-order valence-electron chi connectivity index (χ1n) is 5.53. The number of hydrogen-bond donors (Lipinski definition) is 0. The fraction of sp³-hybridized carbons (Fsp3) is 0.750. The Bertz CT molecular complexity index is 212. The van der Waals surface area contributed by atoms with Crippen LogP contribution < -0.4 is 0 Å². The predicted molar refractivity (Wildman–Crippen MR) is 76.6 cm³/mol. The first kappa shape index (κ1) is 15.0. The number of thioether (sulfide) groups is 1. The fourth-order valence-electron chi connectivity index (χ4n) is 1.25. The molecule has 0 aliphatic rings. The highest BCUT2D eigenvalue weighted by Gasteiger charge is 2.11. The van der Waals surface area contributed by atoms with Crippen molar-refractivity contribution in [3.05, 3.63) is 12.2 Å². The summed E-state index contributed by atoms with van der Waals surface area (Å²) in [6.45, 7) is 14.6. The average molecular weight is 245 g/mol. The van der Waals surface area contributed by atoms with Gasteiger partial charge in [0.1, 0.15) is 4.32 Å². The normalized spacial score (nSPS) is 10.5. The minimum atomic E-state index is 0.643. The van der Waals surface area contributed by atoms with Crippen LogP contribution in [0.1, 0.15) is 34.1 Å². The summed E-state index contributed by atoms with van der Waals surface area (Å²) >= 11 is 7.21. The lowest BCUT2D eigenvalue weighted by Crippen LogP contribution is -2.32. The number of hydrogen-bond acceptors (Lipinski definition) is 2. The third kappa shape index (κ3) is 7.86. The Hall–Kier alpha value is -0.0200. The fourth-order valence-corrected chi connectivity index (χ4v) is 2.34. The van der Waals surface area contributed by atoms with Crippen LogP contribution in [0.5, 0.6) is 0 Å². The van der Waals surface area contributed by atoms with Gasteiger partial charge in [0, 0.05) is 13.1 Å². The molecule has 0 rings (SSSR count). The zero-order valence-corrected chi connectivity index (χ0v) is 12.0. The standard InChI is InChI=1S/C12H23NS2/c1-6-7-15-12(14)13(8-10(2)3)9-11(4)5/h11H,2,6-9H2,1,3-5H3. The summed E-state index contributed by atoms with van der Waals surface area (Å²) in [5, 5.41) is 0. The minimum Gasteiger partial charge on any atom is -0.353 e. The zero-order chi connectivity index (χ0) is 11.8. The third-order valence-electron chi connectivity index (χ3n) is 1.73. The van der Waals surface area contributed by atoms with Crippen LogP contribution in [0.25, 0.3) is 0 Å². The van der Waals surface area contributed by atoms with Crippen LogP contribution in [0.15, 0.2) is 12.2 Å². The van der Waals surface area contributed by atoms with Gasteiger partial charge < -0.3 is 4.90 Å². The summed E-state index contributed by atoms with van der Waals surface area (Å²) in [4.78, 5) is 2.27. The van der Waals surface area contributed by atoms with Crippen LogP contribution >= 0.6 is 24.0 Å². The van der Waals surface area contributed by atoms with Gasteiger partial charge in [0.05, 0.1) is 0 Å². The highest BCUT2D eigenvalue weighted by molar-refractivity contribution is 8.22. The van der Waals surface area contributed by atoms with Gasteiger partial charge in [0.15, 0.2) is 0 Å². The molecule has 0 aromatic rings. The highest BCUT2D eigenvalue weighted by Crippen LogP contribution is 2.14. The number of nitrogens with zero attached hydrogens (tertiary/aromatic N) is 1. The average Bonchev–Trinajstić information content (AvgIpc) is 2.11. The Morgan fingerprint density at radius 1 is 1.47 bits per heavy atom. The van der Waals surface area contributed by atoms with Crippen LogP contribution in [0.3, 0.4) is 0 Å². The van der Waals surface area contributed by atoms with Gasteiger partial charge in [-0.2, -0.15) is 0 Å². The van der Waals surface area contributed by atoms with Gasteiger partial charge in [-0.1, -0.05) is 56.9 Å². The second-order valence-electron chi connectivity index (χ2n) is 4.35. The molecule has 0 fully saturated rings. The molecule has 88 valence electrons. The van der Waals surface area contributed by atoms with Crippen molar-refractivity contribution >= 4 is 28.3 Å². The van der Waals surface area contributed by atoms with E-state index in [1.54, 1.807) is 11.8 Å². The van der Waals surface area contributed by atoms with Crippen molar-refractivity contribution in [1.82, 2.24) is 4.90 Å². The lowest BCUT2D eigenvalue weighted by atomic mass is 10.2. The molecule has 0 aromatic heterocycles. The maximum Gasteiger partial charge on any atom is 0.136 e. The van der Waals surface area contributed by atoms with Gasteiger partial charge in [-0.3, -0.25) is 0 Å². The van der Waals surface area contributed by atoms with E-state index in [1.165, 1.54) is 12.0 Å². The summed E-state index contributed by atoms with van der Waals surface area (Å²) < 4.78 is 1.02. The molecule has 0 aromatic carbocycles. The number of thiocarbonyl (C=S) groups is 1. The summed E-state index contributed by atoms with van der Waals surface area (Å²) in [7, 11) is 0. The van der Waals surface area contributed by atoms with E-state index in [1.807, 2.05) is 0 Å². The molecule has 3 heteroatoms. The van der Waals surface area contributed by atoms with Crippen LogP contribution in [0.2, 0.25) is 0 Å². The lowest BCUT2D eigenvalue weighted by Gasteiger charge is -2.26. The first-order valence-corrected chi connectivity index (χ1v) is 6.92. The van der Waals surface area contributed by atoms with E-state index in [0.717, 1.165) is 23.2 Å². The van der Waals surface area contributed by atoms with E-state index < -0.39 is 0 Å². The van der Waals surface area contributed by atoms with Gasteiger partial charge in [-0.25, -0.2) is 0 Å². The van der Waals surface area contributed by atoms with Crippen LogP contribution in [-0.2, 0) is 0 Å². The van der Waals surface area contributed by atoms with Gasteiger partial charge in [-0.05, 0) is 25.0 Å². The van der Waals surface area contributed by atoms with E-state index >= 15 is 0 Å². The topological polar surface area (TPSA) is 3.24 Å². The smallest absolute Gasteiger partial charge is 0.136 e. The Labute approximate surface area is 104 Å². The molecule has 0 radical (unpaired) electrons. The molecule has 0 aliphatic carbocycles. The second-order valence-corrected chi connectivity index (χ2v) is 6.07. The maximum absolute atomic E-state index is 5.43. The van der Waals surface area contributed by atoms with Crippen molar-refractivity contribution in [1.29, 1.82) is 0 Å². The molecule has 0 saturated heterocycles. The minimum absolute atomic E-state index is 0.643. The molecule has 0 atom stereocenters. The summed E-state index contributed by atoms with van der Waals surface area (Å²) in [5.74, 6) is 1.76. The van der Waals surface area contributed by atoms with Crippen LogP contribution in [-0.4, -0.2) is 28.1 Å². The quantitative estimate of drug-likeness (QED) is 0.515. The molecule has 0 unspecified atom stereocenters. The van der Waals surface area contributed by atoms with E-state index in [0.29, 0.717) is 5.92 Å². The van der Waals surface area contributed by atoms with Crippen molar-refractivity contribution in [2.75, 3.05) is 18.8 Å². The zero-order valence-electron chi connectivity index (χ0n) is 10.4. The number of rotatable bonds is 6. The molecule has 0 N–H and O–H groups in total. The molecular formula is C12H23NS2. The monoisotopic (exact) mass is 245 g/mol. The maximum atomic E-state index is 5.43. The Morgan fingerprint density at radius 2 is 2.07 bits per heavy atom. The molecule has 1 nitrogen and oxygen atoms in total. The summed E-state index contributed by atoms with van der Waals surface area (Å²) in [5.41, 5.74) is 1.18. The van der Waals surface area contributed by atoms with Crippen LogP contribution in [0.4, 0.5) is 0 Å². The molecular weight excluding hydrogens is 222 g/mol. The lowest BCUT2D eigenvalue weighted by molar-refractivity contribution is 0.400. The Balaban J connectivity index is 4.20. The third-order valence-corrected chi connectivity index (χ3v) is 3.46. The molecule has 0 aliphatic heterocycles. The highest BCUT2D eigenvalue weighted by atomic mass is 32.2. The van der Waals surface area contributed by atoms with Crippen molar-refractivity contribution in [2.45, 2.75) is 34.1 Å². The molecule has 0 saturated carbocycles. The Kier molecular flexibility index (Phi) is 8.16. The van der Waals surface area contributed by atoms with Gasteiger partial charge in [0.25, 0.3) is 0 Å². The van der Waals surface area contributed by atoms with Gasteiger partial charge in [-0.15, -0.1) is 0 Å². The van der Waals surface area contributed by atoms with E-state index in [9.17, 15) is 0 Å². The molecule has 0 amide bonds. The summed E-state index contributed by atoms with van der Waals surface area (Å²) in [6, 6.07) is 0. The molecule has 0 bridgehead atoms. The van der Waals surface area contributed by atoms with Gasteiger partial charge in [0.2, 0.25) is 0 Å². The predicted octanol–water partition coefficient (Wildman–Crippen LogP) is 3.95. The van der Waals surface area contributed by atoms with E-state index in [-0.39, 0.29) is 0 Å². The van der Waals surface area contributed by atoms with E-state index in [4.69, 9.17) is 12.2 Å². The SMILES string of the molecule is C=C(C)CN(CC(C)C)C(=S)SCCC. The first-order chi connectivity index (χ1) is 6.97. The van der Waals surface area contributed by atoms with Crippen molar-refractivity contribution in [3.63, 3.8) is 0 Å². The summed E-state index contributed by atoms with van der Waals surface area (Å²) in [6.07, 6.45) is 1.17. The molecule has 15 heavy (non-hydrogen) atoms. The Morgan fingerprint density at radius 3 is 2.47 bits per heavy atom. The van der Waals surface area contributed by atoms with Crippen molar-refractivity contribution in [3.8, 4) is 0 Å². The second kappa shape index (κ2) is 8.17. The van der Waals surface area contributed by atoms with Crippen molar-refractivity contribution in [2.24, 2.45) is 5.92 Å². The van der Waals surface area contributed by atoms with Crippen molar-refractivity contribution < 1.29 is 0 Å².